The maximum absolute atomic E-state index is 13.2. The number of nitrogens with zero attached hydrogens (tertiary/aromatic N) is 4. The lowest BCUT2D eigenvalue weighted by Crippen LogP contribution is -2.38. The number of nitrogens with one attached hydrogen (secondary N) is 1. The molecule has 2 aliphatic rings. The molecule has 0 unspecified atom stereocenters. The Morgan fingerprint density at radius 1 is 1.16 bits per heavy atom. The van der Waals surface area contributed by atoms with Gasteiger partial charge in [-0.3, -0.25) is 9.59 Å². The van der Waals surface area contributed by atoms with Gasteiger partial charge in [-0.15, -0.1) is 0 Å². The second-order valence-electron chi connectivity index (χ2n) is 10.3. The molecule has 1 aliphatic carbocycles. The van der Waals surface area contributed by atoms with Crippen molar-refractivity contribution in [1.82, 2.24) is 19.4 Å². The first-order valence-corrected chi connectivity index (χ1v) is 12.9. The fourth-order valence-corrected chi connectivity index (χ4v) is 5.66. The number of carbonyl (C=O) groups excluding carboxylic acids is 2. The average molecular weight is 499 g/mol. The molecular formula is C29H34N6O2. The van der Waals surface area contributed by atoms with Crippen LogP contribution >= 0.6 is 0 Å². The number of anilines is 2. The number of nitrogens with two attached hydrogens (primary N) is 1. The zero-order chi connectivity index (χ0) is 26.3. The fourth-order valence-electron chi connectivity index (χ4n) is 5.66. The zero-order valence-corrected chi connectivity index (χ0v) is 21.8. The van der Waals surface area contributed by atoms with Gasteiger partial charge in [0.15, 0.2) is 0 Å². The predicted molar refractivity (Wildman–Crippen MR) is 148 cm³/mol. The third kappa shape index (κ3) is 4.52. The molecular weight excluding hydrogens is 464 g/mol. The van der Waals surface area contributed by atoms with Crippen LogP contribution in [0.15, 0.2) is 48.8 Å². The Labute approximate surface area is 217 Å². The van der Waals surface area contributed by atoms with Crippen LogP contribution in [0.5, 0.6) is 0 Å². The lowest BCUT2D eigenvalue weighted by atomic mass is 9.84. The van der Waals surface area contributed by atoms with E-state index in [9.17, 15) is 9.59 Å². The molecule has 1 fully saturated rings. The molecule has 1 saturated heterocycles. The number of likely N-dealkylation sites (tertiary alicyclic amines) is 1. The van der Waals surface area contributed by atoms with E-state index in [0.717, 1.165) is 60.1 Å². The van der Waals surface area contributed by atoms with Crippen LogP contribution in [0.4, 0.5) is 11.5 Å². The molecule has 3 heterocycles. The summed E-state index contributed by atoms with van der Waals surface area (Å²) in [4.78, 5) is 36.1. The summed E-state index contributed by atoms with van der Waals surface area (Å²) in [6, 6.07) is 8.07. The van der Waals surface area contributed by atoms with Gasteiger partial charge >= 0.3 is 0 Å². The molecule has 2 atom stereocenters. The van der Waals surface area contributed by atoms with E-state index in [0.29, 0.717) is 29.5 Å². The number of rotatable bonds is 5. The van der Waals surface area contributed by atoms with Crippen molar-refractivity contribution in [1.29, 1.82) is 0 Å². The van der Waals surface area contributed by atoms with Gasteiger partial charge in [0.25, 0.3) is 5.91 Å². The zero-order valence-electron chi connectivity index (χ0n) is 21.8. The van der Waals surface area contributed by atoms with E-state index in [1.165, 1.54) is 11.9 Å². The molecule has 3 N–H and O–H groups in total. The molecule has 37 heavy (non-hydrogen) atoms. The molecule has 2 aromatic heterocycles. The van der Waals surface area contributed by atoms with E-state index < -0.39 is 0 Å². The maximum Gasteiger partial charge on any atom is 0.250 e. The Kier molecular flexibility index (Phi) is 6.58. The molecule has 8 heteroatoms. The van der Waals surface area contributed by atoms with E-state index in [2.05, 4.69) is 39.8 Å². The van der Waals surface area contributed by atoms with Crippen LogP contribution in [0.25, 0.3) is 27.9 Å². The van der Waals surface area contributed by atoms with Gasteiger partial charge in [0.2, 0.25) is 5.91 Å². The van der Waals surface area contributed by atoms with Gasteiger partial charge in [-0.05, 0) is 69.2 Å². The quantitative estimate of drug-likeness (QED) is 0.486. The highest BCUT2D eigenvalue weighted by atomic mass is 16.2. The van der Waals surface area contributed by atoms with Crippen LogP contribution in [0.1, 0.15) is 51.5 Å². The number of amides is 2. The number of fused-ring (bicyclic) bond motifs is 1. The Bertz CT molecular complexity index is 1420. The molecule has 1 aliphatic heterocycles. The van der Waals surface area contributed by atoms with Gasteiger partial charge in [0, 0.05) is 42.4 Å². The fraction of sp³-hybridized carbons (Fsp3) is 0.379. The molecule has 1 aromatic carbocycles. The molecule has 3 aromatic rings. The predicted octanol–water partition coefficient (Wildman–Crippen LogP) is 4.93. The smallest absolute Gasteiger partial charge is 0.250 e. The third-order valence-corrected chi connectivity index (χ3v) is 7.72. The number of benzene rings is 1. The normalized spacial score (nSPS) is 19.6. The number of allylic oxidation sites excluding steroid dienone is 2. The molecule has 192 valence electrons. The molecule has 8 nitrogen and oxygen atoms in total. The Balaban J connectivity index is 1.52. The molecule has 2 amide bonds. The SMILES string of the molecule is C=C(C)C(=O)Nc1ccc(-c2c(C3=CC[C@@H](C(=O)N4CCC[C@@H]4C)CC3)c3c(N)ncnc3n2C)cc1. The first kappa shape index (κ1) is 24.7. The van der Waals surface area contributed by atoms with Gasteiger partial charge in [-0.2, -0.15) is 0 Å². The van der Waals surface area contributed by atoms with Crippen LogP contribution in [0.2, 0.25) is 0 Å². The molecule has 0 radical (unpaired) electrons. The van der Waals surface area contributed by atoms with Crippen LogP contribution in [0, 0.1) is 5.92 Å². The standard InChI is InChI=1S/C29H34N6O2/c1-17(2)28(36)33-22-13-11-20(12-14-22)25-23(24-26(30)31-16-32-27(24)34(25)4)19-7-9-21(10-8-19)29(37)35-15-5-6-18(35)3/h7,11-14,16,18,21H,1,5-6,8-10,15H2,2-4H3,(H,33,36)(H2,30,31,32)/t18-,21+/m0/s1. The van der Waals surface area contributed by atoms with E-state index in [1.807, 2.05) is 35.9 Å². The second-order valence-corrected chi connectivity index (χ2v) is 10.3. The van der Waals surface area contributed by atoms with Crippen LogP contribution in [-0.4, -0.2) is 43.8 Å². The van der Waals surface area contributed by atoms with E-state index in [-0.39, 0.29) is 17.7 Å². The highest BCUT2D eigenvalue weighted by molar-refractivity contribution is 6.05. The van der Waals surface area contributed by atoms with Gasteiger partial charge in [0.05, 0.1) is 11.1 Å². The number of aromatic nitrogens is 3. The third-order valence-electron chi connectivity index (χ3n) is 7.72. The minimum atomic E-state index is -0.208. The lowest BCUT2D eigenvalue weighted by Gasteiger charge is -2.29. The van der Waals surface area contributed by atoms with E-state index in [1.54, 1.807) is 6.92 Å². The first-order valence-electron chi connectivity index (χ1n) is 12.9. The average Bonchev–Trinajstić information content (AvgIpc) is 3.45. The summed E-state index contributed by atoms with van der Waals surface area (Å²) in [5, 5.41) is 3.69. The van der Waals surface area contributed by atoms with Crippen molar-refractivity contribution in [2.24, 2.45) is 13.0 Å². The van der Waals surface area contributed by atoms with Gasteiger partial charge in [-0.25, -0.2) is 9.97 Å². The van der Waals surface area contributed by atoms with Gasteiger partial charge in [0.1, 0.15) is 17.8 Å². The Hall–Kier alpha value is -3.94. The summed E-state index contributed by atoms with van der Waals surface area (Å²) in [5.41, 5.74) is 12.5. The minimum absolute atomic E-state index is 0.0209. The second kappa shape index (κ2) is 9.84. The molecule has 0 saturated carbocycles. The number of aryl methyl sites for hydroxylation is 1. The first-order chi connectivity index (χ1) is 17.8. The number of nitrogen functional groups attached to an aromatic ring is 1. The Morgan fingerprint density at radius 3 is 2.54 bits per heavy atom. The summed E-state index contributed by atoms with van der Waals surface area (Å²) in [6.07, 6.45) is 8.19. The van der Waals surface area contributed by atoms with Crippen molar-refractivity contribution >= 4 is 39.9 Å². The number of carbonyl (C=O) groups is 2. The van der Waals surface area contributed by atoms with Crippen molar-refractivity contribution in [3.8, 4) is 11.3 Å². The Morgan fingerprint density at radius 2 is 1.92 bits per heavy atom. The van der Waals surface area contributed by atoms with Gasteiger partial charge in [-0.1, -0.05) is 24.8 Å². The summed E-state index contributed by atoms with van der Waals surface area (Å²) in [5.74, 6) is 0.541. The van der Waals surface area contributed by atoms with Crippen molar-refractivity contribution in [2.45, 2.75) is 52.0 Å². The van der Waals surface area contributed by atoms with E-state index >= 15 is 0 Å². The summed E-state index contributed by atoms with van der Waals surface area (Å²) in [7, 11) is 1.98. The van der Waals surface area contributed by atoms with Crippen molar-refractivity contribution in [3.05, 3.63) is 54.4 Å². The van der Waals surface area contributed by atoms with Gasteiger partial charge < -0.3 is 20.5 Å². The molecule has 5 rings (SSSR count). The maximum atomic E-state index is 13.2. The number of hydrogen-bond acceptors (Lipinski definition) is 5. The topological polar surface area (TPSA) is 106 Å². The van der Waals surface area contributed by atoms with E-state index in [4.69, 9.17) is 5.73 Å². The molecule has 0 spiro atoms. The highest BCUT2D eigenvalue weighted by Crippen LogP contribution is 2.43. The lowest BCUT2D eigenvalue weighted by molar-refractivity contribution is -0.136. The van der Waals surface area contributed by atoms with Crippen molar-refractivity contribution in [2.75, 3.05) is 17.6 Å². The van der Waals surface area contributed by atoms with Crippen LogP contribution in [-0.2, 0) is 16.6 Å². The van der Waals surface area contributed by atoms with Crippen molar-refractivity contribution < 1.29 is 9.59 Å². The summed E-state index contributed by atoms with van der Waals surface area (Å²) < 4.78 is 2.05. The largest absolute Gasteiger partial charge is 0.383 e. The number of hydrogen-bond donors (Lipinski definition) is 2. The minimum Gasteiger partial charge on any atom is -0.383 e. The van der Waals surface area contributed by atoms with Crippen LogP contribution < -0.4 is 11.1 Å². The highest BCUT2D eigenvalue weighted by Gasteiger charge is 2.33. The van der Waals surface area contributed by atoms with Crippen molar-refractivity contribution in [3.63, 3.8) is 0 Å². The van der Waals surface area contributed by atoms with Crippen LogP contribution in [0.3, 0.4) is 0 Å². The monoisotopic (exact) mass is 498 g/mol. The molecule has 0 bridgehead atoms. The summed E-state index contributed by atoms with van der Waals surface area (Å²) in [6.45, 7) is 8.40. The summed E-state index contributed by atoms with van der Waals surface area (Å²) >= 11 is 0.